The van der Waals surface area contributed by atoms with Crippen molar-refractivity contribution in [2.45, 2.75) is 19.3 Å². The summed E-state index contributed by atoms with van der Waals surface area (Å²) in [5, 5.41) is 6.00. The van der Waals surface area contributed by atoms with Gasteiger partial charge in [-0.2, -0.15) is 0 Å². The highest BCUT2D eigenvalue weighted by Gasteiger charge is 2.25. The molecule has 0 radical (unpaired) electrons. The normalized spacial score (nSPS) is 12.5. The lowest BCUT2D eigenvalue weighted by Gasteiger charge is -2.10. The third-order valence-electron chi connectivity index (χ3n) is 3.73. The van der Waals surface area contributed by atoms with Gasteiger partial charge in [-0.25, -0.2) is 4.39 Å². The number of nitrogens with one attached hydrogen (secondary N) is 2. The fourth-order valence-electron chi connectivity index (χ4n) is 2.66. The van der Waals surface area contributed by atoms with E-state index < -0.39 is 17.6 Å². The molecule has 1 heterocycles. The maximum absolute atomic E-state index is 12.9. The van der Waals surface area contributed by atoms with Gasteiger partial charge in [0.25, 0.3) is 11.8 Å². The van der Waals surface area contributed by atoms with Gasteiger partial charge in [0.15, 0.2) is 5.11 Å². The zero-order valence-electron chi connectivity index (χ0n) is 12.5. The van der Waals surface area contributed by atoms with Crippen LogP contribution in [0.2, 0.25) is 0 Å². The summed E-state index contributed by atoms with van der Waals surface area (Å²) in [6.07, 6.45) is 2.74. The number of hydrogen-bond acceptors (Lipinski definition) is 4. The largest absolute Gasteiger partial charge is 0.365 e. The van der Waals surface area contributed by atoms with Crippen LogP contribution in [-0.2, 0) is 12.8 Å². The number of amides is 2. The minimum absolute atomic E-state index is 0.0618. The maximum atomic E-state index is 12.9. The standard InChI is InChI=1S/C16H14FN3O2S2/c17-9-6-4-8(5-7-9)14(22)19-16(23)20-15-12(13(18)21)10-2-1-3-11(10)24-15/h4-7H,1-3H2,(H2,18,21)(H2,19,20,22,23). The van der Waals surface area contributed by atoms with Crippen molar-refractivity contribution in [1.29, 1.82) is 0 Å². The molecule has 3 rings (SSSR count). The second kappa shape index (κ2) is 6.66. The van der Waals surface area contributed by atoms with Crippen LogP contribution in [0.25, 0.3) is 0 Å². The molecule has 1 aromatic carbocycles. The molecule has 0 aliphatic heterocycles. The van der Waals surface area contributed by atoms with Gasteiger partial charge < -0.3 is 11.1 Å². The van der Waals surface area contributed by atoms with Gasteiger partial charge in [-0.15, -0.1) is 11.3 Å². The molecule has 0 saturated carbocycles. The van der Waals surface area contributed by atoms with E-state index >= 15 is 0 Å². The number of fused-ring (bicyclic) bond motifs is 1. The molecule has 1 aromatic heterocycles. The summed E-state index contributed by atoms with van der Waals surface area (Å²) in [5.74, 6) is -1.40. The van der Waals surface area contributed by atoms with Crippen molar-refractivity contribution in [2.75, 3.05) is 5.32 Å². The zero-order chi connectivity index (χ0) is 17.3. The van der Waals surface area contributed by atoms with Crippen LogP contribution in [0.3, 0.4) is 0 Å². The predicted octanol–water partition coefficient (Wildman–Crippen LogP) is 2.60. The summed E-state index contributed by atoms with van der Waals surface area (Å²) < 4.78 is 12.9. The number of carbonyl (C=O) groups is 2. The van der Waals surface area contributed by atoms with Gasteiger partial charge >= 0.3 is 0 Å². The summed E-state index contributed by atoms with van der Waals surface area (Å²) in [4.78, 5) is 24.9. The molecule has 1 aliphatic carbocycles. The van der Waals surface area contributed by atoms with Crippen LogP contribution >= 0.6 is 23.6 Å². The van der Waals surface area contributed by atoms with E-state index in [1.807, 2.05) is 0 Å². The van der Waals surface area contributed by atoms with E-state index in [1.54, 1.807) is 0 Å². The number of nitrogens with two attached hydrogens (primary N) is 1. The van der Waals surface area contributed by atoms with Crippen LogP contribution < -0.4 is 16.4 Å². The van der Waals surface area contributed by atoms with Crippen LogP contribution in [0.15, 0.2) is 24.3 Å². The molecule has 24 heavy (non-hydrogen) atoms. The van der Waals surface area contributed by atoms with Crippen molar-refractivity contribution in [2.24, 2.45) is 5.73 Å². The fraction of sp³-hybridized carbons (Fsp3) is 0.188. The number of benzene rings is 1. The molecule has 0 spiro atoms. The SMILES string of the molecule is NC(=O)c1c(NC(=S)NC(=O)c2ccc(F)cc2)sc2c1CCC2. The zero-order valence-corrected chi connectivity index (χ0v) is 14.2. The van der Waals surface area contributed by atoms with Gasteiger partial charge in [0.2, 0.25) is 0 Å². The van der Waals surface area contributed by atoms with Gasteiger partial charge in [0.05, 0.1) is 5.56 Å². The Bertz CT molecular complexity index is 831. The Morgan fingerprint density at radius 2 is 1.92 bits per heavy atom. The fourth-order valence-corrected chi connectivity index (χ4v) is 4.22. The molecule has 0 saturated heterocycles. The van der Waals surface area contributed by atoms with Crippen LogP contribution in [0.1, 0.15) is 37.6 Å². The van der Waals surface area contributed by atoms with Crippen LogP contribution in [0, 0.1) is 5.82 Å². The number of anilines is 1. The molecular weight excluding hydrogens is 349 g/mol. The second-order valence-electron chi connectivity index (χ2n) is 5.34. The van der Waals surface area contributed by atoms with Crippen molar-refractivity contribution >= 4 is 45.5 Å². The molecule has 2 amide bonds. The predicted molar refractivity (Wildman–Crippen MR) is 94.9 cm³/mol. The van der Waals surface area contributed by atoms with Crippen LogP contribution in [0.4, 0.5) is 9.39 Å². The third-order valence-corrected chi connectivity index (χ3v) is 5.14. The lowest BCUT2D eigenvalue weighted by Crippen LogP contribution is -2.34. The van der Waals surface area contributed by atoms with E-state index in [0.29, 0.717) is 10.6 Å². The van der Waals surface area contributed by atoms with Crippen molar-refractivity contribution in [3.8, 4) is 0 Å². The summed E-state index contributed by atoms with van der Waals surface area (Å²) in [7, 11) is 0. The average molecular weight is 363 g/mol. The lowest BCUT2D eigenvalue weighted by molar-refractivity contribution is 0.0975. The van der Waals surface area contributed by atoms with Crippen molar-refractivity contribution in [1.82, 2.24) is 5.32 Å². The molecule has 0 atom stereocenters. The first-order chi connectivity index (χ1) is 11.5. The smallest absolute Gasteiger partial charge is 0.257 e. The Kier molecular flexibility index (Phi) is 4.59. The van der Waals surface area contributed by atoms with Crippen molar-refractivity contribution in [3.05, 3.63) is 51.7 Å². The number of thiophene rings is 1. The van der Waals surface area contributed by atoms with E-state index in [0.717, 1.165) is 29.7 Å². The molecule has 0 unspecified atom stereocenters. The monoisotopic (exact) mass is 363 g/mol. The summed E-state index contributed by atoms with van der Waals surface area (Å²) in [6, 6.07) is 5.12. The molecule has 5 nitrogen and oxygen atoms in total. The number of aryl methyl sites for hydroxylation is 1. The van der Waals surface area contributed by atoms with E-state index in [4.69, 9.17) is 18.0 Å². The molecule has 1 aliphatic rings. The molecule has 0 fully saturated rings. The van der Waals surface area contributed by atoms with Gasteiger partial charge in [0, 0.05) is 10.4 Å². The molecule has 124 valence electrons. The lowest BCUT2D eigenvalue weighted by atomic mass is 10.1. The first kappa shape index (κ1) is 16.5. The molecule has 4 N–H and O–H groups in total. The molecular formula is C16H14FN3O2S2. The van der Waals surface area contributed by atoms with E-state index in [2.05, 4.69) is 10.6 Å². The van der Waals surface area contributed by atoms with Gasteiger partial charge in [-0.3, -0.25) is 14.9 Å². The number of thiocarbonyl (C=S) groups is 1. The first-order valence-electron chi connectivity index (χ1n) is 7.28. The second-order valence-corrected chi connectivity index (χ2v) is 6.85. The number of halogens is 1. The average Bonchev–Trinajstić information content (AvgIpc) is 3.07. The Hall–Kier alpha value is -2.32. The van der Waals surface area contributed by atoms with E-state index in [9.17, 15) is 14.0 Å². The van der Waals surface area contributed by atoms with Gasteiger partial charge in [0.1, 0.15) is 10.8 Å². The summed E-state index contributed by atoms with van der Waals surface area (Å²) >= 11 is 6.56. The quantitative estimate of drug-likeness (QED) is 0.732. The highest BCUT2D eigenvalue weighted by atomic mass is 32.1. The summed E-state index contributed by atoms with van der Waals surface area (Å²) in [5.41, 5.74) is 7.18. The van der Waals surface area contributed by atoms with Gasteiger partial charge in [-0.05, 0) is 61.3 Å². The minimum atomic E-state index is -0.510. The van der Waals surface area contributed by atoms with E-state index in [-0.39, 0.29) is 10.7 Å². The van der Waals surface area contributed by atoms with Gasteiger partial charge in [-0.1, -0.05) is 0 Å². The number of rotatable bonds is 3. The van der Waals surface area contributed by atoms with Crippen LogP contribution in [-0.4, -0.2) is 16.9 Å². The van der Waals surface area contributed by atoms with Crippen LogP contribution in [0.5, 0.6) is 0 Å². The minimum Gasteiger partial charge on any atom is -0.365 e. The Morgan fingerprint density at radius 1 is 1.21 bits per heavy atom. The Morgan fingerprint density at radius 3 is 2.58 bits per heavy atom. The molecule has 2 aromatic rings. The highest BCUT2D eigenvalue weighted by Crippen LogP contribution is 2.38. The Balaban J connectivity index is 1.72. The first-order valence-corrected chi connectivity index (χ1v) is 8.50. The van der Waals surface area contributed by atoms with E-state index in [1.165, 1.54) is 35.6 Å². The number of carbonyl (C=O) groups excluding carboxylic acids is 2. The molecule has 0 bridgehead atoms. The number of primary amides is 1. The highest BCUT2D eigenvalue weighted by molar-refractivity contribution is 7.80. The van der Waals surface area contributed by atoms with Crippen molar-refractivity contribution in [3.63, 3.8) is 0 Å². The topological polar surface area (TPSA) is 84.2 Å². The maximum Gasteiger partial charge on any atom is 0.257 e. The van der Waals surface area contributed by atoms with Crippen molar-refractivity contribution < 1.29 is 14.0 Å². The summed E-state index contributed by atoms with van der Waals surface area (Å²) in [6.45, 7) is 0. The third kappa shape index (κ3) is 3.29. The Labute approximate surface area is 147 Å². The molecule has 8 heteroatoms. The number of hydrogen-bond donors (Lipinski definition) is 3.